The molecule has 0 fully saturated rings. The number of benzene rings is 2. The number of halogens is 2. The summed E-state index contributed by atoms with van der Waals surface area (Å²) in [6.45, 7) is 0. The number of alkyl halides is 2. The molecule has 1 heterocycles. The van der Waals surface area contributed by atoms with Crippen LogP contribution in [-0.4, -0.2) is 6.29 Å². The number of rotatable bonds is 2. The minimum absolute atomic E-state index is 0.0660. The number of fused-ring (bicyclic) bond motifs is 2. The van der Waals surface area contributed by atoms with Gasteiger partial charge in [0.25, 0.3) is 0 Å². The van der Waals surface area contributed by atoms with Crippen molar-refractivity contribution < 1.29 is 18.3 Å². The summed E-state index contributed by atoms with van der Waals surface area (Å²) in [7, 11) is 0. The van der Waals surface area contributed by atoms with Crippen molar-refractivity contribution in [3.05, 3.63) is 53.6 Å². The van der Waals surface area contributed by atoms with Crippen LogP contribution >= 0.6 is 0 Å². The maximum absolute atomic E-state index is 13.0. The molecule has 2 aliphatic rings. The fraction of sp³-hybridized carbons (Fsp3) is 0.250. The van der Waals surface area contributed by atoms with E-state index in [2.05, 4.69) is 26.9 Å². The Bertz CT molecular complexity index is 702. The van der Waals surface area contributed by atoms with E-state index in [1.54, 1.807) is 12.1 Å². The summed E-state index contributed by atoms with van der Waals surface area (Å²) in [5.74, 6) is 0.133. The van der Waals surface area contributed by atoms with Crippen molar-refractivity contribution in [1.29, 1.82) is 0 Å². The Morgan fingerprint density at radius 2 is 1.86 bits per heavy atom. The van der Waals surface area contributed by atoms with Gasteiger partial charge in [-0.1, -0.05) is 24.3 Å². The van der Waals surface area contributed by atoms with Gasteiger partial charge in [-0.05, 0) is 36.1 Å². The van der Waals surface area contributed by atoms with Gasteiger partial charge >= 0.3 is 6.29 Å². The van der Waals surface area contributed by atoms with Crippen molar-refractivity contribution in [1.82, 2.24) is 0 Å². The number of hydrogen-bond acceptors (Lipinski definition) is 3. The Kier molecular flexibility index (Phi) is 2.58. The quantitative estimate of drug-likeness (QED) is 0.902. The van der Waals surface area contributed by atoms with Gasteiger partial charge in [-0.15, -0.1) is 8.78 Å². The van der Waals surface area contributed by atoms with Gasteiger partial charge in [0.15, 0.2) is 11.5 Å². The lowest BCUT2D eigenvalue weighted by Gasteiger charge is -2.15. The number of nitrogens with one attached hydrogen (secondary N) is 1. The summed E-state index contributed by atoms with van der Waals surface area (Å²) in [6, 6.07) is 13.2. The lowest BCUT2D eigenvalue weighted by Crippen LogP contribution is -2.25. The second kappa shape index (κ2) is 4.35. The zero-order valence-electron chi connectivity index (χ0n) is 11.1. The van der Waals surface area contributed by atoms with E-state index in [0.29, 0.717) is 0 Å². The second-order valence-electron chi connectivity index (χ2n) is 5.26. The Morgan fingerprint density at radius 1 is 1.05 bits per heavy atom. The predicted molar refractivity (Wildman–Crippen MR) is 73.8 cm³/mol. The van der Waals surface area contributed by atoms with E-state index in [1.165, 1.54) is 17.2 Å². The molecule has 5 heteroatoms. The molecule has 0 aromatic heterocycles. The SMILES string of the molecule is FC1(F)Oc2ccc(NC3CCc4ccccc43)cc2O1. The summed E-state index contributed by atoms with van der Waals surface area (Å²) >= 11 is 0. The monoisotopic (exact) mass is 289 g/mol. The third-order valence-corrected chi connectivity index (χ3v) is 3.88. The van der Waals surface area contributed by atoms with Crippen molar-refractivity contribution in [3.8, 4) is 11.5 Å². The highest BCUT2D eigenvalue weighted by Gasteiger charge is 2.43. The van der Waals surface area contributed by atoms with Crippen molar-refractivity contribution in [3.63, 3.8) is 0 Å². The summed E-state index contributed by atoms with van der Waals surface area (Å²) in [5.41, 5.74) is 3.35. The largest absolute Gasteiger partial charge is 0.586 e. The Hall–Kier alpha value is -2.30. The third-order valence-electron chi connectivity index (χ3n) is 3.88. The standard InChI is InChI=1S/C16H13F2NO2/c17-16(18)20-14-8-6-11(9-15(14)21-16)19-13-7-5-10-3-1-2-4-12(10)13/h1-4,6,8-9,13,19H,5,7H2. The molecule has 21 heavy (non-hydrogen) atoms. The van der Waals surface area contributed by atoms with E-state index in [-0.39, 0.29) is 17.5 Å². The van der Waals surface area contributed by atoms with Gasteiger partial charge in [0.2, 0.25) is 0 Å². The summed E-state index contributed by atoms with van der Waals surface area (Å²) < 4.78 is 34.9. The molecule has 1 aliphatic carbocycles. The fourth-order valence-electron chi connectivity index (χ4n) is 2.95. The Morgan fingerprint density at radius 3 is 2.76 bits per heavy atom. The average Bonchev–Trinajstić information content (AvgIpc) is 2.98. The average molecular weight is 289 g/mol. The maximum atomic E-state index is 13.0. The first kappa shape index (κ1) is 12.4. The van der Waals surface area contributed by atoms with E-state index in [4.69, 9.17) is 0 Å². The van der Waals surface area contributed by atoms with E-state index < -0.39 is 6.29 Å². The van der Waals surface area contributed by atoms with E-state index >= 15 is 0 Å². The van der Waals surface area contributed by atoms with Gasteiger partial charge in [-0.2, -0.15) is 0 Å². The van der Waals surface area contributed by atoms with Crippen LogP contribution in [0.4, 0.5) is 14.5 Å². The summed E-state index contributed by atoms with van der Waals surface area (Å²) in [6.07, 6.45) is -1.55. The highest BCUT2D eigenvalue weighted by molar-refractivity contribution is 5.57. The summed E-state index contributed by atoms with van der Waals surface area (Å²) in [4.78, 5) is 0. The summed E-state index contributed by atoms with van der Waals surface area (Å²) in [5, 5.41) is 3.37. The van der Waals surface area contributed by atoms with Crippen LogP contribution < -0.4 is 14.8 Å². The molecule has 2 aromatic rings. The van der Waals surface area contributed by atoms with Gasteiger partial charge < -0.3 is 14.8 Å². The van der Waals surface area contributed by atoms with Crippen LogP contribution in [0, 0.1) is 0 Å². The molecule has 1 N–H and O–H groups in total. The lowest BCUT2D eigenvalue weighted by atomic mass is 10.1. The van der Waals surface area contributed by atoms with Crippen molar-refractivity contribution >= 4 is 5.69 Å². The molecule has 0 saturated carbocycles. The van der Waals surface area contributed by atoms with Gasteiger partial charge in [0, 0.05) is 11.8 Å². The molecule has 1 unspecified atom stereocenters. The lowest BCUT2D eigenvalue weighted by molar-refractivity contribution is -0.286. The maximum Gasteiger partial charge on any atom is 0.586 e. The first-order valence-electron chi connectivity index (χ1n) is 6.85. The number of hydrogen-bond donors (Lipinski definition) is 1. The molecule has 4 rings (SSSR count). The molecule has 1 aliphatic heterocycles. The molecule has 108 valence electrons. The van der Waals surface area contributed by atoms with Crippen LogP contribution in [-0.2, 0) is 6.42 Å². The molecule has 3 nitrogen and oxygen atoms in total. The molecule has 0 spiro atoms. The van der Waals surface area contributed by atoms with E-state index in [1.807, 2.05) is 12.1 Å². The number of anilines is 1. The molecule has 0 radical (unpaired) electrons. The normalized spacial score (nSPS) is 21.1. The molecule has 0 amide bonds. The van der Waals surface area contributed by atoms with Crippen LogP contribution in [0.25, 0.3) is 0 Å². The minimum Gasteiger partial charge on any atom is -0.395 e. The van der Waals surface area contributed by atoms with Crippen molar-refractivity contribution in [2.45, 2.75) is 25.2 Å². The van der Waals surface area contributed by atoms with Crippen LogP contribution in [0.2, 0.25) is 0 Å². The highest BCUT2D eigenvalue weighted by Crippen LogP contribution is 2.43. The van der Waals surface area contributed by atoms with Crippen LogP contribution in [0.15, 0.2) is 42.5 Å². The molecule has 0 bridgehead atoms. The Balaban J connectivity index is 1.57. The van der Waals surface area contributed by atoms with Crippen LogP contribution in [0.1, 0.15) is 23.6 Å². The van der Waals surface area contributed by atoms with Gasteiger partial charge in [0.05, 0.1) is 6.04 Å². The predicted octanol–water partition coefficient (Wildman–Crippen LogP) is 4.11. The second-order valence-corrected chi connectivity index (χ2v) is 5.26. The first-order valence-corrected chi connectivity index (χ1v) is 6.85. The highest BCUT2D eigenvalue weighted by atomic mass is 19.3. The fourth-order valence-corrected chi connectivity index (χ4v) is 2.95. The zero-order chi connectivity index (χ0) is 14.4. The number of ether oxygens (including phenoxy) is 2. The third kappa shape index (κ3) is 2.18. The first-order chi connectivity index (χ1) is 10.1. The van der Waals surface area contributed by atoms with E-state index in [9.17, 15) is 8.78 Å². The van der Waals surface area contributed by atoms with E-state index in [0.717, 1.165) is 18.5 Å². The molecular weight excluding hydrogens is 276 g/mol. The van der Waals surface area contributed by atoms with Crippen LogP contribution in [0.5, 0.6) is 11.5 Å². The zero-order valence-corrected chi connectivity index (χ0v) is 11.1. The molecular formula is C16H13F2NO2. The molecule has 0 saturated heterocycles. The van der Waals surface area contributed by atoms with Gasteiger partial charge in [-0.25, -0.2) is 0 Å². The van der Waals surface area contributed by atoms with Gasteiger partial charge in [0.1, 0.15) is 0 Å². The Labute approximate surface area is 120 Å². The smallest absolute Gasteiger partial charge is 0.395 e. The number of aryl methyl sites for hydroxylation is 1. The molecule has 2 aromatic carbocycles. The minimum atomic E-state index is -3.57. The van der Waals surface area contributed by atoms with Crippen molar-refractivity contribution in [2.24, 2.45) is 0 Å². The van der Waals surface area contributed by atoms with Crippen molar-refractivity contribution in [2.75, 3.05) is 5.32 Å². The molecule has 1 atom stereocenters. The van der Waals surface area contributed by atoms with Crippen LogP contribution in [0.3, 0.4) is 0 Å². The topological polar surface area (TPSA) is 30.5 Å². The van der Waals surface area contributed by atoms with Gasteiger partial charge in [-0.3, -0.25) is 0 Å².